The lowest BCUT2D eigenvalue weighted by Crippen LogP contribution is -2.28. The lowest BCUT2D eigenvalue weighted by atomic mass is 9.68. The molecule has 0 amide bonds. The maximum Gasteiger partial charge on any atom is 0.115 e. The highest BCUT2D eigenvalue weighted by molar-refractivity contribution is 5.86. The largest absolute Gasteiger partial charge is 0.508 e. The van der Waals surface area contributed by atoms with Gasteiger partial charge in [-0.15, -0.1) is 0 Å². The van der Waals surface area contributed by atoms with Crippen LogP contribution in [0, 0.1) is 0 Å². The molecule has 2 N–H and O–H groups in total. The predicted molar refractivity (Wildman–Crippen MR) is 164 cm³/mol. The average molecular weight is 515 g/mol. The minimum Gasteiger partial charge on any atom is -0.508 e. The number of hydrogen-bond donors (Lipinski definition) is 2. The fraction of sp³-hybridized carbons (Fsp3) is 0.189. The molecule has 0 radical (unpaired) electrons. The first kappa shape index (κ1) is 27.7. The molecule has 2 heteroatoms. The Labute approximate surface area is 233 Å². The van der Waals surface area contributed by atoms with Crippen LogP contribution in [0.3, 0.4) is 0 Å². The first-order chi connectivity index (χ1) is 19.1. The molecule has 198 valence electrons. The molecule has 0 heterocycles. The molecular formula is C37H38O2. The Morgan fingerprint density at radius 2 is 0.795 bits per heavy atom. The number of aromatic hydroxyl groups is 2. The van der Waals surface area contributed by atoms with E-state index in [0.717, 1.165) is 24.0 Å². The monoisotopic (exact) mass is 514 g/mol. The van der Waals surface area contributed by atoms with Gasteiger partial charge < -0.3 is 10.2 Å². The molecule has 39 heavy (non-hydrogen) atoms. The van der Waals surface area contributed by atoms with Crippen molar-refractivity contribution in [2.75, 3.05) is 0 Å². The van der Waals surface area contributed by atoms with E-state index in [1.165, 1.54) is 33.4 Å². The van der Waals surface area contributed by atoms with Gasteiger partial charge in [0, 0.05) is 0 Å². The van der Waals surface area contributed by atoms with Crippen molar-refractivity contribution in [2.45, 2.75) is 46.0 Å². The molecule has 0 saturated heterocycles. The molecule has 5 aromatic carbocycles. The fourth-order valence-electron chi connectivity index (χ4n) is 5.46. The molecule has 0 spiro atoms. The zero-order chi connectivity index (χ0) is 27.8. The predicted octanol–water partition coefficient (Wildman–Crippen LogP) is 9.30. The van der Waals surface area contributed by atoms with Gasteiger partial charge in [-0.25, -0.2) is 0 Å². The third-order valence-electron chi connectivity index (χ3n) is 7.39. The summed E-state index contributed by atoms with van der Waals surface area (Å²) in [5.41, 5.74) is 9.39. The van der Waals surface area contributed by atoms with Gasteiger partial charge in [0.25, 0.3) is 0 Å². The standard InChI is InChI=1S/C25H18O2.C10H14.C2H6/c26-19-13-9-17(10-14-19)25(18-11-15-20(27)16-12-18)23-7-3-1-5-21(23)22-6-2-4-8-24(22)25;1-3-9-5-7-10(4-2)8-6-9;1-2/h1-16,26-27H;5-8H,3-4H2,1-2H3;1-2H3. The Kier molecular flexibility index (Phi) is 8.88. The zero-order valence-corrected chi connectivity index (χ0v) is 23.4. The molecule has 0 aromatic heterocycles. The van der Waals surface area contributed by atoms with E-state index in [4.69, 9.17) is 0 Å². The second-order valence-corrected chi connectivity index (χ2v) is 9.46. The van der Waals surface area contributed by atoms with Crippen LogP contribution in [0.25, 0.3) is 11.1 Å². The van der Waals surface area contributed by atoms with E-state index < -0.39 is 5.41 Å². The normalized spacial score (nSPS) is 12.2. The summed E-state index contributed by atoms with van der Waals surface area (Å²) in [6, 6.07) is 40.7. The van der Waals surface area contributed by atoms with Crippen molar-refractivity contribution in [3.63, 3.8) is 0 Å². The number of phenolic OH excluding ortho intramolecular Hbond substituents is 2. The molecule has 0 fully saturated rings. The number of benzene rings is 5. The quantitative estimate of drug-likeness (QED) is 0.246. The van der Waals surface area contributed by atoms with E-state index in [1.54, 1.807) is 24.3 Å². The van der Waals surface area contributed by atoms with Gasteiger partial charge in [0.2, 0.25) is 0 Å². The Bertz CT molecular complexity index is 1360. The summed E-state index contributed by atoms with van der Waals surface area (Å²) in [7, 11) is 0. The van der Waals surface area contributed by atoms with Gasteiger partial charge in [-0.05, 0) is 81.6 Å². The topological polar surface area (TPSA) is 40.5 Å². The Morgan fingerprint density at radius 3 is 1.13 bits per heavy atom. The van der Waals surface area contributed by atoms with Crippen molar-refractivity contribution in [2.24, 2.45) is 0 Å². The van der Waals surface area contributed by atoms with Crippen LogP contribution in [-0.4, -0.2) is 10.2 Å². The maximum absolute atomic E-state index is 9.85. The van der Waals surface area contributed by atoms with Gasteiger partial charge in [-0.2, -0.15) is 0 Å². The number of rotatable bonds is 4. The SMILES string of the molecule is CC.CCc1ccc(CC)cc1.Oc1ccc(C2(c3ccc(O)cc3)c3ccccc3-c3ccccc32)cc1. The summed E-state index contributed by atoms with van der Waals surface area (Å²) in [6.07, 6.45) is 2.29. The van der Waals surface area contributed by atoms with Crippen molar-refractivity contribution in [3.8, 4) is 22.6 Å². The number of aryl methyl sites for hydroxylation is 2. The zero-order valence-electron chi connectivity index (χ0n) is 23.4. The van der Waals surface area contributed by atoms with E-state index in [0.29, 0.717) is 0 Å². The van der Waals surface area contributed by atoms with Crippen LogP contribution in [0.5, 0.6) is 11.5 Å². The lowest BCUT2D eigenvalue weighted by Gasteiger charge is -2.33. The summed E-state index contributed by atoms with van der Waals surface area (Å²) in [5.74, 6) is 0.498. The van der Waals surface area contributed by atoms with Crippen LogP contribution >= 0.6 is 0 Å². The van der Waals surface area contributed by atoms with E-state index in [1.807, 2.05) is 38.1 Å². The Hall–Kier alpha value is -4.30. The van der Waals surface area contributed by atoms with Crippen molar-refractivity contribution in [3.05, 3.63) is 155 Å². The van der Waals surface area contributed by atoms with Crippen LogP contribution in [0.2, 0.25) is 0 Å². The molecular weight excluding hydrogens is 476 g/mol. The van der Waals surface area contributed by atoms with E-state index in [2.05, 4.69) is 86.6 Å². The third-order valence-corrected chi connectivity index (χ3v) is 7.39. The van der Waals surface area contributed by atoms with Crippen molar-refractivity contribution >= 4 is 0 Å². The van der Waals surface area contributed by atoms with Crippen molar-refractivity contribution in [1.29, 1.82) is 0 Å². The maximum atomic E-state index is 9.85. The first-order valence-corrected chi connectivity index (χ1v) is 13.9. The van der Waals surface area contributed by atoms with Gasteiger partial charge in [0.05, 0.1) is 5.41 Å². The number of fused-ring (bicyclic) bond motifs is 3. The minimum absolute atomic E-state index is 0.249. The van der Waals surface area contributed by atoms with Gasteiger partial charge in [-0.3, -0.25) is 0 Å². The molecule has 5 aromatic rings. The highest BCUT2D eigenvalue weighted by Crippen LogP contribution is 2.56. The Morgan fingerprint density at radius 1 is 0.462 bits per heavy atom. The van der Waals surface area contributed by atoms with Gasteiger partial charge in [-0.1, -0.05) is 125 Å². The second kappa shape index (κ2) is 12.5. The van der Waals surface area contributed by atoms with Crippen molar-refractivity contribution < 1.29 is 10.2 Å². The van der Waals surface area contributed by atoms with E-state index in [9.17, 15) is 10.2 Å². The first-order valence-electron chi connectivity index (χ1n) is 13.9. The van der Waals surface area contributed by atoms with Gasteiger partial charge in [0.1, 0.15) is 11.5 Å². The van der Waals surface area contributed by atoms with Crippen LogP contribution in [0.4, 0.5) is 0 Å². The van der Waals surface area contributed by atoms with Crippen LogP contribution in [0.15, 0.2) is 121 Å². The molecule has 0 aliphatic heterocycles. The molecule has 6 rings (SSSR count). The fourth-order valence-corrected chi connectivity index (χ4v) is 5.46. The minimum atomic E-state index is -0.491. The average Bonchev–Trinajstić information content (AvgIpc) is 3.30. The van der Waals surface area contributed by atoms with Crippen LogP contribution in [0.1, 0.15) is 61.1 Å². The summed E-state index contributed by atoms with van der Waals surface area (Å²) >= 11 is 0. The lowest BCUT2D eigenvalue weighted by molar-refractivity contribution is 0.475. The van der Waals surface area contributed by atoms with E-state index in [-0.39, 0.29) is 11.5 Å². The van der Waals surface area contributed by atoms with Crippen LogP contribution < -0.4 is 0 Å². The molecule has 1 aliphatic rings. The highest BCUT2D eigenvalue weighted by Gasteiger charge is 2.45. The molecule has 0 unspecified atom stereocenters. The molecule has 0 saturated carbocycles. The highest BCUT2D eigenvalue weighted by atomic mass is 16.3. The van der Waals surface area contributed by atoms with Crippen molar-refractivity contribution in [1.82, 2.24) is 0 Å². The van der Waals surface area contributed by atoms with Gasteiger partial charge >= 0.3 is 0 Å². The molecule has 1 aliphatic carbocycles. The Balaban J connectivity index is 0.000000248. The summed E-state index contributed by atoms with van der Waals surface area (Å²) < 4.78 is 0. The molecule has 2 nitrogen and oxygen atoms in total. The van der Waals surface area contributed by atoms with Gasteiger partial charge in [0.15, 0.2) is 0 Å². The molecule has 0 atom stereocenters. The summed E-state index contributed by atoms with van der Waals surface area (Å²) in [6.45, 7) is 8.36. The second-order valence-electron chi connectivity index (χ2n) is 9.46. The number of phenols is 2. The number of hydrogen-bond acceptors (Lipinski definition) is 2. The third kappa shape index (κ3) is 5.33. The smallest absolute Gasteiger partial charge is 0.115 e. The van der Waals surface area contributed by atoms with E-state index >= 15 is 0 Å². The van der Waals surface area contributed by atoms with Crippen LogP contribution in [-0.2, 0) is 18.3 Å². The molecule has 0 bridgehead atoms. The summed E-state index contributed by atoms with van der Waals surface area (Å²) in [5, 5.41) is 19.7. The summed E-state index contributed by atoms with van der Waals surface area (Å²) in [4.78, 5) is 0.